The van der Waals surface area contributed by atoms with Gasteiger partial charge in [-0.05, 0) is 24.5 Å². The van der Waals surface area contributed by atoms with Gasteiger partial charge in [-0.3, -0.25) is 4.99 Å². The lowest BCUT2D eigenvalue weighted by Gasteiger charge is -2.05. The van der Waals surface area contributed by atoms with Gasteiger partial charge in [-0.25, -0.2) is 0 Å². The standard InChI is InChI=1S/C11H15N.C2H6/c1-4-10-7-5-6-8-11(10)9(2)12-3;1-2/h5-8H,4H2,1-3H3;1-2H3. The van der Waals surface area contributed by atoms with Crippen molar-refractivity contribution in [2.24, 2.45) is 4.99 Å². The summed E-state index contributed by atoms with van der Waals surface area (Å²) in [6.07, 6.45) is 1.07. The van der Waals surface area contributed by atoms with Crippen molar-refractivity contribution in [3.8, 4) is 0 Å². The van der Waals surface area contributed by atoms with Crippen LogP contribution in [0.25, 0.3) is 0 Å². The van der Waals surface area contributed by atoms with Gasteiger partial charge in [-0.2, -0.15) is 0 Å². The van der Waals surface area contributed by atoms with E-state index >= 15 is 0 Å². The minimum Gasteiger partial charge on any atom is -0.293 e. The SMILES string of the molecule is CC.CCc1ccccc1C(C)=NC. The van der Waals surface area contributed by atoms with Gasteiger partial charge in [0.25, 0.3) is 0 Å². The zero-order valence-corrected chi connectivity index (χ0v) is 9.96. The van der Waals surface area contributed by atoms with E-state index < -0.39 is 0 Å². The first-order valence-corrected chi connectivity index (χ1v) is 5.31. The molecule has 0 spiro atoms. The Hall–Kier alpha value is -1.11. The second-order valence-corrected chi connectivity index (χ2v) is 2.82. The third-order valence-electron chi connectivity index (χ3n) is 2.12. The first-order valence-electron chi connectivity index (χ1n) is 5.31. The van der Waals surface area contributed by atoms with Gasteiger partial charge in [0.2, 0.25) is 0 Å². The highest BCUT2D eigenvalue weighted by Gasteiger charge is 2.00. The van der Waals surface area contributed by atoms with Crippen LogP contribution in [0.2, 0.25) is 0 Å². The summed E-state index contributed by atoms with van der Waals surface area (Å²) in [7, 11) is 1.84. The van der Waals surface area contributed by atoms with Gasteiger partial charge in [0.05, 0.1) is 0 Å². The molecule has 0 fully saturated rings. The van der Waals surface area contributed by atoms with Crippen LogP contribution >= 0.6 is 0 Å². The fourth-order valence-corrected chi connectivity index (χ4v) is 1.30. The summed E-state index contributed by atoms with van der Waals surface area (Å²) in [4.78, 5) is 4.18. The molecule has 0 radical (unpaired) electrons. The third kappa shape index (κ3) is 3.33. The maximum atomic E-state index is 4.18. The molecule has 0 bridgehead atoms. The summed E-state index contributed by atoms with van der Waals surface area (Å²) in [6.45, 7) is 8.22. The van der Waals surface area contributed by atoms with Crippen molar-refractivity contribution >= 4 is 5.71 Å². The molecular formula is C13H21N. The van der Waals surface area contributed by atoms with Crippen LogP contribution in [-0.2, 0) is 6.42 Å². The maximum Gasteiger partial charge on any atom is 0.0388 e. The fraction of sp³-hybridized carbons (Fsp3) is 0.462. The molecule has 0 heterocycles. The second-order valence-electron chi connectivity index (χ2n) is 2.82. The molecule has 1 heteroatoms. The highest BCUT2D eigenvalue weighted by Crippen LogP contribution is 2.10. The number of rotatable bonds is 2. The molecule has 1 aromatic rings. The van der Waals surface area contributed by atoms with E-state index in [1.807, 2.05) is 20.9 Å². The van der Waals surface area contributed by atoms with Crippen LogP contribution in [0.5, 0.6) is 0 Å². The van der Waals surface area contributed by atoms with E-state index in [9.17, 15) is 0 Å². The number of aryl methyl sites for hydroxylation is 1. The van der Waals surface area contributed by atoms with Crippen molar-refractivity contribution in [2.75, 3.05) is 7.05 Å². The van der Waals surface area contributed by atoms with E-state index in [-0.39, 0.29) is 0 Å². The monoisotopic (exact) mass is 191 g/mol. The van der Waals surface area contributed by atoms with Crippen molar-refractivity contribution in [1.82, 2.24) is 0 Å². The van der Waals surface area contributed by atoms with Crippen LogP contribution in [0.3, 0.4) is 0 Å². The lowest BCUT2D eigenvalue weighted by molar-refractivity contribution is 1.13. The molecule has 0 amide bonds. The van der Waals surface area contributed by atoms with Gasteiger partial charge in [-0.1, -0.05) is 45.0 Å². The summed E-state index contributed by atoms with van der Waals surface area (Å²) < 4.78 is 0. The summed E-state index contributed by atoms with van der Waals surface area (Å²) in [5.74, 6) is 0. The highest BCUT2D eigenvalue weighted by atomic mass is 14.7. The van der Waals surface area contributed by atoms with Crippen LogP contribution in [0.15, 0.2) is 29.3 Å². The average molecular weight is 191 g/mol. The van der Waals surface area contributed by atoms with Crippen molar-refractivity contribution < 1.29 is 0 Å². The minimum absolute atomic E-state index is 1.07. The summed E-state index contributed by atoms with van der Waals surface area (Å²) in [5, 5.41) is 0. The van der Waals surface area contributed by atoms with E-state index in [1.54, 1.807) is 0 Å². The molecule has 0 atom stereocenters. The van der Waals surface area contributed by atoms with Crippen molar-refractivity contribution in [3.05, 3.63) is 35.4 Å². The van der Waals surface area contributed by atoms with Crippen molar-refractivity contribution in [2.45, 2.75) is 34.1 Å². The molecule has 0 aromatic heterocycles. The quantitative estimate of drug-likeness (QED) is 0.632. The summed E-state index contributed by atoms with van der Waals surface area (Å²) in [5.41, 5.74) is 3.77. The molecule has 14 heavy (non-hydrogen) atoms. The Balaban J connectivity index is 0.000000791. The normalized spacial score (nSPS) is 10.5. The first kappa shape index (κ1) is 12.9. The summed E-state index contributed by atoms with van der Waals surface area (Å²) >= 11 is 0. The van der Waals surface area contributed by atoms with Crippen LogP contribution in [0, 0.1) is 0 Å². The molecule has 0 aliphatic carbocycles. The molecular weight excluding hydrogens is 170 g/mol. The van der Waals surface area contributed by atoms with Gasteiger partial charge in [0, 0.05) is 12.8 Å². The molecule has 0 unspecified atom stereocenters. The average Bonchev–Trinajstić information content (AvgIpc) is 2.30. The smallest absolute Gasteiger partial charge is 0.0388 e. The Bertz CT molecular complexity index is 287. The lowest BCUT2D eigenvalue weighted by Crippen LogP contribution is -1.99. The van der Waals surface area contributed by atoms with Crippen LogP contribution < -0.4 is 0 Å². The Morgan fingerprint density at radius 3 is 2.29 bits per heavy atom. The predicted molar refractivity (Wildman–Crippen MR) is 65.3 cm³/mol. The Kier molecular flexibility index (Phi) is 6.73. The van der Waals surface area contributed by atoms with Crippen LogP contribution in [0.1, 0.15) is 38.8 Å². The Morgan fingerprint density at radius 1 is 1.21 bits per heavy atom. The van der Waals surface area contributed by atoms with E-state index in [1.165, 1.54) is 11.1 Å². The van der Waals surface area contributed by atoms with Gasteiger partial charge in [-0.15, -0.1) is 0 Å². The molecule has 0 aliphatic heterocycles. The van der Waals surface area contributed by atoms with E-state index in [0.29, 0.717) is 0 Å². The van der Waals surface area contributed by atoms with Crippen LogP contribution in [0.4, 0.5) is 0 Å². The van der Waals surface area contributed by atoms with Crippen molar-refractivity contribution in [1.29, 1.82) is 0 Å². The van der Waals surface area contributed by atoms with Crippen molar-refractivity contribution in [3.63, 3.8) is 0 Å². The highest BCUT2D eigenvalue weighted by molar-refractivity contribution is 5.99. The number of hydrogen-bond acceptors (Lipinski definition) is 1. The number of hydrogen-bond donors (Lipinski definition) is 0. The van der Waals surface area contributed by atoms with E-state index in [2.05, 4.69) is 43.1 Å². The summed E-state index contributed by atoms with van der Waals surface area (Å²) in [6, 6.07) is 8.42. The fourth-order valence-electron chi connectivity index (χ4n) is 1.30. The number of nitrogens with zero attached hydrogens (tertiary/aromatic N) is 1. The molecule has 1 aromatic carbocycles. The van der Waals surface area contributed by atoms with Gasteiger partial charge < -0.3 is 0 Å². The number of benzene rings is 1. The zero-order chi connectivity index (χ0) is 11.0. The second kappa shape index (κ2) is 7.31. The Labute approximate surface area is 87.9 Å². The molecule has 1 rings (SSSR count). The number of aliphatic imine (C=N–C) groups is 1. The largest absolute Gasteiger partial charge is 0.293 e. The van der Waals surface area contributed by atoms with Gasteiger partial charge in [0.15, 0.2) is 0 Å². The van der Waals surface area contributed by atoms with Crippen LogP contribution in [-0.4, -0.2) is 12.8 Å². The lowest BCUT2D eigenvalue weighted by atomic mass is 10.0. The maximum absolute atomic E-state index is 4.18. The molecule has 1 nitrogen and oxygen atoms in total. The Morgan fingerprint density at radius 2 is 1.79 bits per heavy atom. The molecule has 0 saturated heterocycles. The van der Waals surface area contributed by atoms with E-state index in [0.717, 1.165) is 12.1 Å². The molecule has 0 N–H and O–H groups in total. The molecule has 0 saturated carbocycles. The minimum atomic E-state index is 1.07. The topological polar surface area (TPSA) is 12.4 Å². The third-order valence-corrected chi connectivity index (χ3v) is 2.12. The molecule has 0 aliphatic rings. The van der Waals surface area contributed by atoms with E-state index in [4.69, 9.17) is 0 Å². The van der Waals surface area contributed by atoms with Gasteiger partial charge in [0.1, 0.15) is 0 Å². The zero-order valence-electron chi connectivity index (χ0n) is 9.96. The first-order chi connectivity index (χ1) is 6.79. The predicted octanol–water partition coefficient (Wildman–Crippen LogP) is 3.71. The van der Waals surface area contributed by atoms with Gasteiger partial charge >= 0.3 is 0 Å². The molecule has 78 valence electrons.